The summed E-state index contributed by atoms with van der Waals surface area (Å²) in [5, 5.41) is 10.2. The second kappa shape index (κ2) is 7.74. The summed E-state index contributed by atoms with van der Waals surface area (Å²) >= 11 is 0. The number of nitrogens with zero attached hydrogens (tertiary/aromatic N) is 2. The van der Waals surface area contributed by atoms with Gasteiger partial charge in [-0.05, 0) is 19.5 Å². The lowest BCUT2D eigenvalue weighted by atomic mass is 10.1. The zero-order chi connectivity index (χ0) is 14.4. The minimum atomic E-state index is -0.315. The van der Waals surface area contributed by atoms with E-state index in [9.17, 15) is 5.11 Å². The molecule has 112 valence electrons. The van der Waals surface area contributed by atoms with Crippen LogP contribution >= 0.6 is 0 Å². The van der Waals surface area contributed by atoms with E-state index in [0.717, 1.165) is 32.8 Å². The summed E-state index contributed by atoms with van der Waals surface area (Å²) < 4.78 is 5.32. The van der Waals surface area contributed by atoms with Crippen LogP contribution in [0.1, 0.15) is 18.5 Å². The molecule has 1 heterocycles. The van der Waals surface area contributed by atoms with Crippen molar-refractivity contribution < 1.29 is 9.84 Å². The lowest BCUT2D eigenvalue weighted by Gasteiger charge is -2.32. The average molecular weight is 278 g/mol. The molecule has 2 rings (SSSR count). The summed E-state index contributed by atoms with van der Waals surface area (Å²) in [7, 11) is 2.07. The van der Waals surface area contributed by atoms with E-state index in [2.05, 4.69) is 48.0 Å². The fourth-order valence-corrected chi connectivity index (χ4v) is 2.62. The minimum absolute atomic E-state index is 0.315. The van der Waals surface area contributed by atoms with Gasteiger partial charge < -0.3 is 9.84 Å². The van der Waals surface area contributed by atoms with Crippen LogP contribution in [-0.4, -0.2) is 67.5 Å². The number of rotatable bonds is 6. The maximum atomic E-state index is 10.2. The number of ether oxygens (including phenoxy) is 1. The molecule has 0 saturated carbocycles. The van der Waals surface area contributed by atoms with Crippen molar-refractivity contribution >= 4 is 0 Å². The lowest BCUT2D eigenvalue weighted by molar-refractivity contribution is 0.00626. The zero-order valence-electron chi connectivity index (χ0n) is 12.5. The maximum absolute atomic E-state index is 10.2. The summed E-state index contributed by atoms with van der Waals surface area (Å²) in [5.41, 5.74) is 1.29. The average Bonchev–Trinajstić information content (AvgIpc) is 2.48. The number of aliphatic hydroxyl groups is 1. The summed E-state index contributed by atoms with van der Waals surface area (Å²) in [6.07, 6.45) is -0.315. The molecule has 1 aromatic rings. The first-order valence-electron chi connectivity index (χ1n) is 7.40. The predicted molar refractivity (Wildman–Crippen MR) is 80.8 cm³/mol. The van der Waals surface area contributed by atoms with Gasteiger partial charge in [-0.25, -0.2) is 0 Å². The molecule has 0 amide bonds. The van der Waals surface area contributed by atoms with Crippen LogP contribution in [0.2, 0.25) is 0 Å². The van der Waals surface area contributed by atoms with Crippen LogP contribution < -0.4 is 0 Å². The van der Waals surface area contributed by atoms with Crippen LogP contribution in [0.4, 0.5) is 0 Å². The number of hydrogen-bond donors (Lipinski definition) is 1. The molecule has 0 aliphatic carbocycles. The van der Waals surface area contributed by atoms with Crippen LogP contribution in [-0.2, 0) is 4.74 Å². The van der Waals surface area contributed by atoms with Crippen LogP contribution in [0.3, 0.4) is 0 Å². The molecule has 2 atom stereocenters. The van der Waals surface area contributed by atoms with E-state index in [4.69, 9.17) is 4.74 Å². The molecule has 1 aromatic carbocycles. The van der Waals surface area contributed by atoms with Gasteiger partial charge in [0, 0.05) is 32.2 Å². The Balaban J connectivity index is 1.79. The fraction of sp³-hybridized carbons (Fsp3) is 0.625. The number of aliphatic hydroxyl groups excluding tert-OH is 1. The first-order valence-corrected chi connectivity index (χ1v) is 7.40. The van der Waals surface area contributed by atoms with E-state index in [1.54, 1.807) is 0 Å². The Morgan fingerprint density at radius 1 is 1.25 bits per heavy atom. The van der Waals surface area contributed by atoms with Crippen LogP contribution in [0, 0.1) is 0 Å². The third-order valence-electron chi connectivity index (χ3n) is 4.01. The van der Waals surface area contributed by atoms with E-state index in [1.807, 2.05) is 6.07 Å². The topological polar surface area (TPSA) is 35.9 Å². The Morgan fingerprint density at radius 3 is 2.55 bits per heavy atom. The molecule has 4 heteroatoms. The third-order valence-corrected chi connectivity index (χ3v) is 4.01. The summed E-state index contributed by atoms with van der Waals surface area (Å²) in [6, 6.07) is 10.7. The van der Waals surface area contributed by atoms with Crippen molar-refractivity contribution in [3.05, 3.63) is 35.9 Å². The van der Waals surface area contributed by atoms with Gasteiger partial charge in [0.05, 0.1) is 19.3 Å². The van der Waals surface area contributed by atoms with Gasteiger partial charge in [0.2, 0.25) is 0 Å². The number of β-amino-alcohol motifs (C(OH)–C–C–N with tert-alkyl or cyclic N) is 1. The van der Waals surface area contributed by atoms with Gasteiger partial charge in [0.25, 0.3) is 0 Å². The second-order valence-electron chi connectivity index (χ2n) is 5.59. The predicted octanol–water partition coefficient (Wildman–Crippen LogP) is 1.37. The number of likely N-dealkylation sites (N-methyl/N-ethyl adjacent to an activating group) is 1. The molecule has 20 heavy (non-hydrogen) atoms. The first-order chi connectivity index (χ1) is 9.66. The van der Waals surface area contributed by atoms with E-state index in [1.165, 1.54) is 5.56 Å². The number of hydrogen-bond acceptors (Lipinski definition) is 4. The van der Waals surface area contributed by atoms with Gasteiger partial charge in [0.15, 0.2) is 0 Å². The Bertz CT molecular complexity index is 379. The highest BCUT2D eigenvalue weighted by Gasteiger charge is 2.18. The van der Waals surface area contributed by atoms with Gasteiger partial charge in [-0.15, -0.1) is 0 Å². The standard InChI is InChI=1S/C16H26N2O2/c1-14(15-6-4-3-5-7-15)17(2)12-16(19)13-18-8-10-20-11-9-18/h3-7,14,16,19H,8-13H2,1-2H3. The van der Waals surface area contributed by atoms with Crippen LogP contribution in [0.5, 0.6) is 0 Å². The molecular formula is C16H26N2O2. The molecule has 0 radical (unpaired) electrons. The molecule has 1 saturated heterocycles. The van der Waals surface area contributed by atoms with Crippen molar-refractivity contribution in [3.8, 4) is 0 Å². The Morgan fingerprint density at radius 2 is 1.90 bits per heavy atom. The molecule has 4 nitrogen and oxygen atoms in total. The van der Waals surface area contributed by atoms with E-state index in [0.29, 0.717) is 12.6 Å². The van der Waals surface area contributed by atoms with Crippen molar-refractivity contribution in [2.75, 3.05) is 46.4 Å². The van der Waals surface area contributed by atoms with Gasteiger partial charge in [-0.3, -0.25) is 9.80 Å². The Kier molecular flexibility index (Phi) is 5.98. The van der Waals surface area contributed by atoms with Gasteiger partial charge in [-0.1, -0.05) is 30.3 Å². The largest absolute Gasteiger partial charge is 0.390 e. The van der Waals surface area contributed by atoms with Crippen molar-refractivity contribution in [3.63, 3.8) is 0 Å². The van der Waals surface area contributed by atoms with Gasteiger partial charge in [0.1, 0.15) is 0 Å². The molecule has 0 bridgehead atoms. The SMILES string of the molecule is CC(c1ccccc1)N(C)CC(O)CN1CCOCC1. The molecular weight excluding hydrogens is 252 g/mol. The first kappa shape index (κ1) is 15.4. The molecule has 1 fully saturated rings. The van der Waals surface area contributed by atoms with E-state index in [-0.39, 0.29) is 6.10 Å². The highest BCUT2D eigenvalue weighted by Crippen LogP contribution is 2.18. The quantitative estimate of drug-likeness (QED) is 0.852. The van der Waals surface area contributed by atoms with E-state index >= 15 is 0 Å². The molecule has 1 aliphatic heterocycles. The number of benzene rings is 1. The number of morpholine rings is 1. The van der Waals surface area contributed by atoms with Crippen molar-refractivity contribution in [1.29, 1.82) is 0 Å². The maximum Gasteiger partial charge on any atom is 0.0793 e. The van der Waals surface area contributed by atoms with Gasteiger partial charge >= 0.3 is 0 Å². The van der Waals surface area contributed by atoms with Crippen LogP contribution in [0.15, 0.2) is 30.3 Å². The Labute approximate surface area is 122 Å². The second-order valence-corrected chi connectivity index (χ2v) is 5.59. The van der Waals surface area contributed by atoms with Crippen molar-refractivity contribution in [1.82, 2.24) is 9.80 Å². The molecule has 0 aromatic heterocycles. The third kappa shape index (κ3) is 4.56. The summed E-state index contributed by atoms with van der Waals surface area (Å²) in [4.78, 5) is 4.48. The monoisotopic (exact) mass is 278 g/mol. The van der Waals surface area contributed by atoms with Crippen LogP contribution in [0.25, 0.3) is 0 Å². The molecule has 1 aliphatic rings. The van der Waals surface area contributed by atoms with Crippen molar-refractivity contribution in [2.45, 2.75) is 19.1 Å². The van der Waals surface area contributed by atoms with Crippen molar-refractivity contribution in [2.24, 2.45) is 0 Å². The Hall–Kier alpha value is -0.940. The smallest absolute Gasteiger partial charge is 0.0793 e. The minimum Gasteiger partial charge on any atom is -0.390 e. The molecule has 0 spiro atoms. The summed E-state index contributed by atoms with van der Waals surface area (Å²) in [6.45, 7) is 7.01. The lowest BCUT2D eigenvalue weighted by Crippen LogP contribution is -2.44. The normalized spacial score (nSPS) is 20.0. The van der Waals surface area contributed by atoms with Gasteiger partial charge in [-0.2, -0.15) is 0 Å². The zero-order valence-corrected chi connectivity index (χ0v) is 12.5. The molecule has 1 N–H and O–H groups in total. The highest BCUT2D eigenvalue weighted by molar-refractivity contribution is 5.18. The summed E-state index contributed by atoms with van der Waals surface area (Å²) in [5.74, 6) is 0. The van der Waals surface area contributed by atoms with E-state index < -0.39 is 0 Å². The highest BCUT2D eigenvalue weighted by atomic mass is 16.5. The fourth-order valence-electron chi connectivity index (χ4n) is 2.62. The molecule has 2 unspecified atom stereocenters.